The lowest BCUT2D eigenvalue weighted by Crippen LogP contribution is -2.53. The maximum atomic E-state index is 14.3. The smallest absolute Gasteiger partial charge is 0.255 e. The third kappa shape index (κ3) is 7.77. The van der Waals surface area contributed by atoms with Gasteiger partial charge in [0.15, 0.2) is 0 Å². The summed E-state index contributed by atoms with van der Waals surface area (Å²) < 4.78 is 36.5. The number of piperazine rings is 1. The lowest BCUT2D eigenvalue weighted by atomic mass is 10.0. The topological polar surface area (TPSA) is 103 Å². The number of para-hydroxylation sites is 1. The van der Waals surface area contributed by atoms with E-state index in [4.69, 9.17) is 14.7 Å². The third-order valence-electron chi connectivity index (χ3n) is 10.8. The molecule has 0 aliphatic carbocycles. The first-order chi connectivity index (χ1) is 27.4. The number of halogens is 2. The van der Waals surface area contributed by atoms with Crippen LogP contribution in [0.3, 0.4) is 0 Å². The third-order valence-corrected chi connectivity index (χ3v) is 10.8. The summed E-state index contributed by atoms with van der Waals surface area (Å²) in [4.78, 5) is 35.3. The number of amides is 1. The lowest BCUT2D eigenvalue weighted by molar-refractivity contribution is 0.0850. The number of pyridine rings is 1. The number of methoxy groups -OCH3 is 1. The number of piperidine rings is 1. The molecule has 3 aromatic heterocycles. The Kier molecular flexibility index (Phi) is 10.9. The zero-order valence-corrected chi connectivity index (χ0v) is 31.6. The van der Waals surface area contributed by atoms with Gasteiger partial charge in [0.05, 0.1) is 29.9 Å². The Morgan fingerprint density at radius 2 is 1.66 bits per heavy atom. The number of hydrogen-bond donors (Lipinski definition) is 2. The summed E-state index contributed by atoms with van der Waals surface area (Å²) in [6, 6.07) is 24.5. The van der Waals surface area contributed by atoms with Gasteiger partial charge in [-0.15, -0.1) is 0 Å². The highest BCUT2D eigenvalue weighted by atomic mass is 19.1. The summed E-state index contributed by atoms with van der Waals surface area (Å²) >= 11 is 0. The number of rotatable bonds is 11. The molecule has 288 valence electrons. The van der Waals surface area contributed by atoms with Gasteiger partial charge in [0.2, 0.25) is 5.95 Å². The standard InChI is InChI=1S/C43H45F2N9O2/c1-3-19-51-23-25-53(26-24-51)31-16-21-52(22-17-31)32-13-14-35(37(28-32)56-2)47-43-46-18-15-36(48-43)41-39(49-38-12-4-5-20-54(38)41)29-8-6-9-30(27-29)42(55)50-40-33(44)10-7-11-34(40)45/h4-15,18,20,27-28,31H,3,16-17,19,21-26H2,1-2H3,(H,50,55)(H,46,47,48). The molecule has 0 bridgehead atoms. The van der Waals surface area contributed by atoms with E-state index in [0.29, 0.717) is 46.0 Å². The zero-order chi connectivity index (χ0) is 38.6. The Balaban J connectivity index is 1.01. The van der Waals surface area contributed by atoms with Crippen molar-refractivity contribution in [3.63, 3.8) is 0 Å². The number of nitrogens with one attached hydrogen (secondary N) is 2. The number of nitrogens with zero attached hydrogens (tertiary/aromatic N) is 7. The normalized spacial score (nSPS) is 15.6. The molecule has 8 rings (SSSR count). The first kappa shape index (κ1) is 37.0. The van der Waals surface area contributed by atoms with Gasteiger partial charge >= 0.3 is 0 Å². The Bertz CT molecular complexity index is 2310. The lowest BCUT2D eigenvalue weighted by Gasteiger charge is -2.43. The number of anilines is 4. The molecule has 0 atom stereocenters. The van der Waals surface area contributed by atoms with Gasteiger partial charge in [-0.25, -0.2) is 23.7 Å². The van der Waals surface area contributed by atoms with Gasteiger partial charge in [0.25, 0.3) is 5.91 Å². The van der Waals surface area contributed by atoms with E-state index in [1.165, 1.54) is 32.1 Å². The monoisotopic (exact) mass is 757 g/mol. The number of carbonyl (C=O) groups is 1. The number of carbonyl (C=O) groups excluding carboxylic acids is 1. The fourth-order valence-electron chi connectivity index (χ4n) is 7.86. The van der Waals surface area contributed by atoms with E-state index in [2.05, 4.69) is 49.4 Å². The Hall–Kier alpha value is -5.92. The number of fused-ring (bicyclic) bond motifs is 1. The van der Waals surface area contributed by atoms with Gasteiger partial charge in [-0.2, -0.15) is 0 Å². The number of benzene rings is 3. The van der Waals surface area contributed by atoms with Crippen molar-refractivity contribution in [1.82, 2.24) is 29.2 Å². The summed E-state index contributed by atoms with van der Waals surface area (Å²) in [6.07, 6.45) is 7.08. The Labute approximate surface area is 325 Å². The second-order valence-electron chi connectivity index (χ2n) is 14.2. The minimum absolute atomic E-state index is 0.207. The number of ether oxygens (including phenoxy) is 1. The molecule has 6 aromatic rings. The minimum Gasteiger partial charge on any atom is -0.494 e. The van der Waals surface area contributed by atoms with Crippen LogP contribution < -0.4 is 20.3 Å². The molecule has 11 nitrogen and oxygen atoms in total. The van der Waals surface area contributed by atoms with Gasteiger partial charge in [-0.05, 0) is 80.4 Å². The predicted octanol–water partition coefficient (Wildman–Crippen LogP) is 7.74. The molecule has 2 aliphatic rings. The maximum absolute atomic E-state index is 14.3. The number of hydrogen-bond acceptors (Lipinski definition) is 9. The van der Waals surface area contributed by atoms with E-state index in [1.807, 2.05) is 40.9 Å². The molecule has 3 aromatic carbocycles. The molecule has 2 N–H and O–H groups in total. The van der Waals surface area contributed by atoms with E-state index in [1.54, 1.807) is 37.6 Å². The molecule has 2 aliphatic heterocycles. The molecule has 0 spiro atoms. The average Bonchev–Trinajstić information content (AvgIpc) is 3.63. The fourth-order valence-corrected chi connectivity index (χ4v) is 7.86. The van der Waals surface area contributed by atoms with Crippen molar-refractivity contribution in [3.8, 4) is 28.4 Å². The molecule has 0 saturated carbocycles. The molecule has 0 unspecified atom stereocenters. The van der Waals surface area contributed by atoms with Gasteiger partial charge in [0, 0.05) is 80.6 Å². The van der Waals surface area contributed by atoms with Crippen LogP contribution in [0.4, 0.5) is 31.8 Å². The SMILES string of the molecule is CCCN1CCN(C2CCN(c3ccc(Nc4nccc(-c5c(-c6cccc(C(=O)Nc7c(F)cccc7F)c6)nc6ccccn56)n4)c(OC)c3)CC2)CC1. The minimum atomic E-state index is -0.860. The van der Waals surface area contributed by atoms with E-state index in [-0.39, 0.29) is 5.56 Å². The summed E-state index contributed by atoms with van der Waals surface area (Å²) in [6.45, 7) is 10.1. The summed E-state index contributed by atoms with van der Waals surface area (Å²) in [5, 5.41) is 5.73. The van der Waals surface area contributed by atoms with Crippen molar-refractivity contribution in [2.75, 3.05) is 68.5 Å². The quantitative estimate of drug-likeness (QED) is 0.138. The van der Waals surface area contributed by atoms with E-state index in [0.717, 1.165) is 62.5 Å². The summed E-state index contributed by atoms with van der Waals surface area (Å²) in [7, 11) is 1.66. The average molecular weight is 758 g/mol. The van der Waals surface area contributed by atoms with Crippen LogP contribution in [0.5, 0.6) is 5.75 Å². The molecule has 0 radical (unpaired) electrons. The van der Waals surface area contributed by atoms with Crippen LogP contribution >= 0.6 is 0 Å². The van der Waals surface area contributed by atoms with Gasteiger partial charge in [-0.1, -0.05) is 31.2 Å². The van der Waals surface area contributed by atoms with Crippen LogP contribution in [0.1, 0.15) is 36.5 Å². The predicted molar refractivity (Wildman–Crippen MR) is 216 cm³/mol. The molecule has 5 heterocycles. The van der Waals surface area contributed by atoms with E-state index >= 15 is 0 Å². The molecule has 2 fully saturated rings. The summed E-state index contributed by atoms with van der Waals surface area (Å²) in [5.41, 5.74) is 4.68. The molecule has 56 heavy (non-hydrogen) atoms. The highest BCUT2D eigenvalue weighted by molar-refractivity contribution is 6.05. The first-order valence-electron chi connectivity index (χ1n) is 19.2. The highest BCUT2D eigenvalue weighted by Crippen LogP contribution is 2.36. The van der Waals surface area contributed by atoms with Crippen LogP contribution in [-0.2, 0) is 0 Å². The van der Waals surface area contributed by atoms with Gasteiger partial charge < -0.3 is 25.2 Å². The van der Waals surface area contributed by atoms with Crippen LogP contribution in [0, 0.1) is 11.6 Å². The molecule has 13 heteroatoms. The van der Waals surface area contributed by atoms with Crippen molar-refractivity contribution in [2.45, 2.75) is 32.2 Å². The van der Waals surface area contributed by atoms with Crippen molar-refractivity contribution < 1.29 is 18.3 Å². The second-order valence-corrected chi connectivity index (χ2v) is 14.2. The van der Waals surface area contributed by atoms with Crippen LogP contribution in [0.25, 0.3) is 28.3 Å². The van der Waals surface area contributed by atoms with Crippen molar-refractivity contribution >= 4 is 34.6 Å². The second kappa shape index (κ2) is 16.4. The zero-order valence-electron chi connectivity index (χ0n) is 31.6. The van der Waals surface area contributed by atoms with E-state index < -0.39 is 23.2 Å². The molecular formula is C43H45F2N9O2. The van der Waals surface area contributed by atoms with Crippen molar-refractivity contribution in [1.29, 1.82) is 0 Å². The Morgan fingerprint density at radius 1 is 0.875 bits per heavy atom. The van der Waals surface area contributed by atoms with Crippen molar-refractivity contribution in [2.24, 2.45) is 0 Å². The van der Waals surface area contributed by atoms with Gasteiger partial charge in [0.1, 0.15) is 28.7 Å². The summed E-state index contributed by atoms with van der Waals surface area (Å²) in [5.74, 6) is -1.32. The van der Waals surface area contributed by atoms with Crippen LogP contribution in [-0.4, -0.2) is 94.0 Å². The van der Waals surface area contributed by atoms with Gasteiger partial charge in [-0.3, -0.25) is 14.1 Å². The van der Waals surface area contributed by atoms with Crippen molar-refractivity contribution in [3.05, 3.63) is 115 Å². The fraction of sp³-hybridized carbons (Fsp3) is 0.302. The number of aromatic nitrogens is 4. The number of imidazole rings is 1. The molecule has 1 amide bonds. The van der Waals surface area contributed by atoms with Crippen LogP contribution in [0.2, 0.25) is 0 Å². The Morgan fingerprint density at radius 3 is 2.43 bits per heavy atom. The first-order valence-corrected chi connectivity index (χ1v) is 19.2. The van der Waals surface area contributed by atoms with E-state index in [9.17, 15) is 13.6 Å². The molecule has 2 saturated heterocycles. The maximum Gasteiger partial charge on any atom is 0.255 e. The molecular weight excluding hydrogens is 713 g/mol. The van der Waals surface area contributed by atoms with Crippen LogP contribution in [0.15, 0.2) is 97.3 Å². The highest BCUT2D eigenvalue weighted by Gasteiger charge is 2.28. The largest absolute Gasteiger partial charge is 0.494 e.